The van der Waals surface area contributed by atoms with Crippen molar-refractivity contribution in [2.75, 3.05) is 5.32 Å². The first-order chi connectivity index (χ1) is 11.1. The predicted octanol–water partition coefficient (Wildman–Crippen LogP) is 3.82. The van der Waals surface area contributed by atoms with Gasteiger partial charge in [-0.25, -0.2) is 4.39 Å². The van der Waals surface area contributed by atoms with Gasteiger partial charge in [0, 0.05) is 18.5 Å². The molecule has 118 valence electrons. The Labute approximate surface area is 136 Å². The van der Waals surface area contributed by atoms with Gasteiger partial charge in [-0.3, -0.25) is 4.79 Å². The van der Waals surface area contributed by atoms with Gasteiger partial charge >= 0.3 is 0 Å². The molecule has 0 aliphatic carbocycles. The van der Waals surface area contributed by atoms with Gasteiger partial charge in [0.1, 0.15) is 5.82 Å². The Morgan fingerprint density at radius 2 is 2.26 bits per heavy atom. The third-order valence-electron chi connectivity index (χ3n) is 3.25. The lowest BCUT2D eigenvalue weighted by Crippen LogP contribution is -2.13. The Bertz CT molecular complexity index is 815. The molecule has 3 rings (SSSR count). The molecule has 0 spiro atoms. The highest BCUT2D eigenvalue weighted by Gasteiger charge is 2.12. The van der Waals surface area contributed by atoms with Crippen LogP contribution >= 0.6 is 11.3 Å². The normalized spacial score (nSPS) is 10.7. The second-order valence-electron chi connectivity index (χ2n) is 5.00. The van der Waals surface area contributed by atoms with E-state index >= 15 is 0 Å². The smallest absolute Gasteiger partial charge is 0.227 e. The van der Waals surface area contributed by atoms with Crippen molar-refractivity contribution < 1.29 is 13.7 Å². The zero-order valence-electron chi connectivity index (χ0n) is 12.4. The molecule has 0 aliphatic rings. The van der Waals surface area contributed by atoms with Gasteiger partial charge in [0.15, 0.2) is 0 Å². The molecule has 0 saturated heterocycles. The van der Waals surface area contributed by atoms with E-state index in [1.165, 1.54) is 23.5 Å². The molecule has 0 radical (unpaired) electrons. The molecule has 0 bridgehead atoms. The summed E-state index contributed by atoms with van der Waals surface area (Å²) in [5, 5.41) is 8.51. The van der Waals surface area contributed by atoms with Gasteiger partial charge in [0.05, 0.1) is 4.88 Å². The minimum atomic E-state index is -0.386. The number of nitrogens with one attached hydrogen (secondary N) is 1. The van der Waals surface area contributed by atoms with Crippen molar-refractivity contribution in [2.24, 2.45) is 0 Å². The highest BCUT2D eigenvalue weighted by Crippen LogP contribution is 2.21. The molecular weight excluding hydrogens is 317 g/mol. The van der Waals surface area contributed by atoms with Crippen LogP contribution < -0.4 is 5.32 Å². The quantitative estimate of drug-likeness (QED) is 0.772. The zero-order valence-corrected chi connectivity index (χ0v) is 13.2. The van der Waals surface area contributed by atoms with Crippen LogP contribution in [0.15, 0.2) is 40.2 Å². The summed E-state index contributed by atoms with van der Waals surface area (Å²) < 4.78 is 18.3. The van der Waals surface area contributed by atoms with Crippen LogP contribution in [0.2, 0.25) is 0 Å². The van der Waals surface area contributed by atoms with Crippen LogP contribution in [0.5, 0.6) is 0 Å². The van der Waals surface area contributed by atoms with Crippen molar-refractivity contribution in [3.8, 4) is 10.7 Å². The number of benzene rings is 1. The van der Waals surface area contributed by atoms with Crippen LogP contribution in [0.25, 0.3) is 10.7 Å². The Kier molecular flexibility index (Phi) is 4.47. The molecule has 0 atom stereocenters. The van der Waals surface area contributed by atoms with E-state index in [9.17, 15) is 9.18 Å². The van der Waals surface area contributed by atoms with Gasteiger partial charge in [-0.05, 0) is 36.1 Å². The molecule has 0 saturated carbocycles. The van der Waals surface area contributed by atoms with E-state index in [1.54, 1.807) is 13.0 Å². The lowest BCUT2D eigenvalue weighted by atomic mass is 10.2. The van der Waals surface area contributed by atoms with Crippen LogP contribution in [0.4, 0.5) is 10.1 Å². The maximum atomic E-state index is 13.2. The highest BCUT2D eigenvalue weighted by molar-refractivity contribution is 7.13. The summed E-state index contributed by atoms with van der Waals surface area (Å²) in [6.45, 7) is 1.81. The Morgan fingerprint density at radius 3 is 3.04 bits per heavy atom. The molecule has 1 amide bonds. The lowest BCUT2D eigenvalue weighted by Gasteiger charge is -2.07. The van der Waals surface area contributed by atoms with E-state index in [0.29, 0.717) is 23.8 Å². The Morgan fingerprint density at radius 1 is 1.39 bits per heavy atom. The largest absolute Gasteiger partial charge is 0.339 e. The van der Waals surface area contributed by atoms with Crippen LogP contribution in [0.1, 0.15) is 17.9 Å². The second kappa shape index (κ2) is 6.70. The molecule has 1 aromatic carbocycles. The number of aromatic nitrogens is 2. The molecule has 1 N–H and O–H groups in total. The molecule has 0 aliphatic heterocycles. The Balaban J connectivity index is 1.58. The van der Waals surface area contributed by atoms with Gasteiger partial charge in [0.2, 0.25) is 17.6 Å². The van der Waals surface area contributed by atoms with Crippen molar-refractivity contribution in [3.63, 3.8) is 0 Å². The number of amides is 1. The molecule has 3 aromatic rings. The maximum Gasteiger partial charge on any atom is 0.227 e. The summed E-state index contributed by atoms with van der Waals surface area (Å²) >= 11 is 1.52. The number of anilines is 1. The molecule has 0 unspecified atom stereocenters. The number of thiophene rings is 1. The van der Waals surface area contributed by atoms with Crippen LogP contribution in [-0.4, -0.2) is 16.0 Å². The number of hydrogen-bond acceptors (Lipinski definition) is 5. The highest BCUT2D eigenvalue weighted by atomic mass is 32.1. The molecule has 5 nitrogen and oxygen atoms in total. The van der Waals surface area contributed by atoms with Crippen LogP contribution in [0.3, 0.4) is 0 Å². The lowest BCUT2D eigenvalue weighted by molar-refractivity contribution is -0.116. The van der Waals surface area contributed by atoms with Crippen molar-refractivity contribution >= 4 is 22.9 Å². The fourth-order valence-corrected chi connectivity index (χ4v) is 2.67. The third-order valence-corrected chi connectivity index (χ3v) is 4.12. The van der Waals surface area contributed by atoms with Crippen molar-refractivity contribution in [3.05, 3.63) is 53.0 Å². The number of carbonyl (C=O) groups excluding carboxylic acids is 1. The number of nitrogens with zero attached hydrogens (tertiary/aromatic N) is 2. The summed E-state index contributed by atoms with van der Waals surface area (Å²) in [5.74, 6) is 0.314. The average molecular weight is 331 g/mol. The van der Waals surface area contributed by atoms with E-state index in [1.807, 2.05) is 17.5 Å². The summed E-state index contributed by atoms with van der Waals surface area (Å²) in [4.78, 5) is 17.1. The summed E-state index contributed by atoms with van der Waals surface area (Å²) in [5.41, 5.74) is 1.28. The van der Waals surface area contributed by atoms with Gasteiger partial charge in [-0.15, -0.1) is 11.3 Å². The zero-order chi connectivity index (χ0) is 16.2. The van der Waals surface area contributed by atoms with E-state index in [-0.39, 0.29) is 18.1 Å². The number of carbonyl (C=O) groups is 1. The number of hydrogen-bond donors (Lipinski definition) is 1. The number of halogens is 1. The van der Waals surface area contributed by atoms with Gasteiger partial charge in [-0.1, -0.05) is 17.3 Å². The monoisotopic (exact) mass is 331 g/mol. The van der Waals surface area contributed by atoms with E-state index in [0.717, 1.165) is 10.4 Å². The second-order valence-corrected chi connectivity index (χ2v) is 5.94. The topological polar surface area (TPSA) is 68.0 Å². The van der Waals surface area contributed by atoms with Crippen LogP contribution in [-0.2, 0) is 11.2 Å². The van der Waals surface area contributed by atoms with E-state index in [4.69, 9.17) is 4.52 Å². The van der Waals surface area contributed by atoms with E-state index in [2.05, 4.69) is 15.5 Å². The summed E-state index contributed by atoms with van der Waals surface area (Å²) in [7, 11) is 0. The van der Waals surface area contributed by atoms with E-state index < -0.39 is 0 Å². The average Bonchev–Trinajstić information content (AvgIpc) is 3.19. The van der Waals surface area contributed by atoms with Gasteiger partial charge < -0.3 is 9.84 Å². The SMILES string of the molecule is Cc1ccc(F)cc1NC(=O)CCc1nc(-c2cccs2)no1. The maximum absolute atomic E-state index is 13.2. The molecule has 2 aromatic heterocycles. The summed E-state index contributed by atoms with van der Waals surface area (Å²) in [6.07, 6.45) is 0.514. The molecular formula is C16H14FN3O2S. The van der Waals surface area contributed by atoms with Crippen LogP contribution in [0, 0.1) is 12.7 Å². The molecule has 23 heavy (non-hydrogen) atoms. The third kappa shape index (κ3) is 3.81. The minimum absolute atomic E-state index is 0.183. The van der Waals surface area contributed by atoms with Gasteiger partial charge in [0.25, 0.3) is 0 Å². The molecule has 2 heterocycles. The van der Waals surface area contributed by atoms with Crippen molar-refractivity contribution in [2.45, 2.75) is 19.8 Å². The van der Waals surface area contributed by atoms with Gasteiger partial charge in [-0.2, -0.15) is 4.98 Å². The number of rotatable bonds is 5. The summed E-state index contributed by atoms with van der Waals surface area (Å²) in [6, 6.07) is 8.09. The number of aryl methyl sites for hydroxylation is 2. The fraction of sp³-hybridized carbons (Fsp3) is 0.188. The fourth-order valence-electron chi connectivity index (χ4n) is 2.02. The van der Waals surface area contributed by atoms with Crippen molar-refractivity contribution in [1.29, 1.82) is 0 Å². The first-order valence-corrected chi connectivity index (χ1v) is 7.92. The first kappa shape index (κ1) is 15.4. The standard InChI is InChI=1S/C16H14FN3O2S/c1-10-4-5-11(17)9-12(10)18-14(21)6-7-15-19-16(20-22-15)13-3-2-8-23-13/h2-5,8-9H,6-7H2,1H3,(H,18,21). The predicted molar refractivity (Wildman–Crippen MR) is 85.7 cm³/mol. The molecule has 7 heteroatoms. The minimum Gasteiger partial charge on any atom is -0.339 e. The Hall–Kier alpha value is -2.54. The molecule has 0 fully saturated rings. The van der Waals surface area contributed by atoms with Crippen molar-refractivity contribution in [1.82, 2.24) is 10.1 Å². The first-order valence-electron chi connectivity index (χ1n) is 7.04.